The maximum atomic E-state index is 13.8. The van der Waals surface area contributed by atoms with Gasteiger partial charge in [0.1, 0.15) is 12.5 Å². The Bertz CT molecular complexity index is 886. The summed E-state index contributed by atoms with van der Waals surface area (Å²) in [7, 11) is 0. The van der Waals surface area contributed by atoms with Gasteiger partial charge < -0.3 is 10.1 Å². The number of nitrogens with zero attached hydrogens (tertiary/aromatic N) is 2. The maximum absolute atomic E-state index is 13.8. The molecule has 0 radical (unpaired) electrons. The number of carbonyl (C=O) groups is 1. The third kappa shape index (κ3) is 3.58. The molecule has 5 rings (SSSR count). The Morgan fingerprint density at radius 1 is 1.23 bits per heavy atom. The van der Waals surface area contributed by atoms with Crippen molar-refractivity contribution in [3.05, 3.63) is 41.1 Å². The first-order chi connectivity index (χ1) is 14.3. The molecule has 4 aliphatic rings. The van der Waals surface area contributed by atoms with Crippen molar-refractivity contribution in [3.63, 3.8) is 0 Å². The lowest BCUT2D eigenvalue weighted by Crippen LogP contribution is -2.69. The van der Waals surface area contributed by atoms with Gasteiger partial charge in [0.15, 0.2) is 0 Å². The van der Waals surface area contributed by atoms with E-state index in [1.807, 2.05) is 6.92 Å². The van der Waals surface area contributed by atoms with Crippen molar-refractivity contribution in [3.8, 4) is 0 Å². The second-order valence-corrected chi connectivity index (χ2v) is 8.27. The number of halogens is 3. The molecular formula is C20H24F3N5O2. The highest BCUT2D eigenvalue weighted by molar-refractivity contribution is 5.96. The van der Waals surface area contributed by atoms with Crippen molar-refractivity contribution in [2.75, 3.05) is 24.8 Å². The topological polar surface area (TPSA) is 68.9 Å². The quantitative estimate of drug-likeness (QED) is 0.690. The van der Waals surface area contributed by atoms with Gasteiger partial charge in [-0.05, 0) is 43.4 Å². The van der Waals surface area contributed by atoms with Crippen LogP contribution in [0.25, 0.3) is 0 Å². The molecule has 1 saturated carbocycles. The summed E-state index contributed by atoms with van der Waals surface area (Å²) in [6.45, 7) is 3.77. The van der Waals surface area contributed by atoms with Gasteiger partial charge in [-0.15, -0.1) is 0 Å². The number of alkyl halides is 3. The van der Waals surface area contributed by atoms with Crippen molar-refractivity contribution in [2.45, 2.75) is 50.4 Å². The predicted octanol–water partition coefficient (Wildman–Crippen LogP) is 1.84. The minimum atomic E-state index is -4.49. The van der Waals surface area contributed by atoms with Gasteiger partial charge >= 0.3 is 6.18 Å². The molecule has 10 heteroatoms. The molecule has 0 spiro atoms. The number of ether oxygens (including phenoxy) is 1. The largest absolute Gasteiger partial charge is 0.418 e. The Kier molecular flexibility index (Phi) is 4.77. The molecule has 7 nitrogen and oxygen atoms in total. The van der Waals surface area contributed by atoms with Crippen LogP contribution in [-0.2, 0) is 15.7 Å². The van der Waals surface area contributed by atoms with Gasteiger partial charge in [-0.1, -0.05) is 6.07 Å². The van der Waals surface area contributed by atoms with E-state index in [9.17, 15) is 18.0 Å². The van der Waals surface area contributed by atoms with E-state index in [4.69, 9.17) is 4.74 Å². The average molecular weight is 423 g/mol. The molecule has 0 aromatic heterocycles. The van der Waals surface area contributed by atoms with Crippen LogP contribution in [0.2, 0.25) is 0 Å². The molecule has 162 valence electrons. The summed E-state index contributed by atoms with van der Waals surface area (Å²) in [5, 5.41) is 7.48. The first-order valence-electron chi connectivity index (χ1n) is 10.2. The number of hydrazine groups is 1. The van der Waals surface area contributed by atoms with E-state index in [1.54, 1.807) is 6.07 Å². The fraction of sp³-hybridized carbons (Fsp3) is 0.550. The highest BCUT2D eigenvalue weighted by Gasteiger charge is 2.42. The second kappa shape index (κ2) is 7.23. The molecule has 30 heavy (non-hydrogen) atoms. The predicted molar refractivity (Wildman–Crippen MR) is 103 cm³/mol. The summed E-state index contributed by atoms with van der Waals surface area (Å²) in [6, 6.07) is 4.57. The number of morpholine rings is 1. The van der Waals surface area contributed by atoms with Gasteiger partial charge in [-0.2, -0.15) is 13.2 Å². The minimum absolute atomic E-state index is 0.0142. The van der Waals surface area contributed by atoms with Crippen LogP contribution in [0.4, 0.5) is 18.9 Å². The zero-order chi connectivity index (χ0) is 21.0. The van der Waals surface area contributed by atoms with Gasteiger partial charge in [-0.25, -0.2) is 5.43 Å². The van der Waals surface area contributed by atoms with Crippen LogP contribution in [-0.4, -0.2) is 49.1 Å². The number of nitrogens with one attached hydrogen (secondary N) is 3. The number of fused-ring (bicyclic) bond motifs is 1. The van der Waals surface area contributed by atoms with Crippen LogP contribution in [0.5, 0.6) is 0 Å². The Morgan fingerprint density at radius 3 is 2.73 bits per heavy atom. The van der Waals surface area contributed by atoms with Gasteiger partial charge in [0, 0.05) is 18.8 Å². The average Bonchev–Trinajstić information content (AvgIpc) is 3.46. The lowest BCUT2D eigenvalue weighted by Gasteiger charge is -2.43. The van der Waals surface area contributed by atoms with Crippen LogP contribution >= 0.6 is 0 Å². The Labute approximate surface area is 172 Å². The van der Waals surface area contributed by atoms with Crippen LogP contribution in [0.15, 0.2) is 30.0 Å². The lowest BCUT2D eigenvalue weighted by molar-refractivity contribution is -0.137. The molecule has 1 amide bonds. The summed E-state index contributed by atoms with van der Waals surface area (Å²) in [4.78, 5) is 14.8. The maximum Gasteiger partial charge on any atom is 0.418 e. The fourth-order valence-corrected chi connectivity index (χ4v) is 4.29. The molecule has 1 aromatic carbocycles. The molecule has 3 fully saturated rings. The van der Waals surface area contributed by atoms with Crippen molar-refractivity contribution >= 4 is 11.6 Å². The zero-order valence-electron chi connectivity index (χ0n) is 16.5. The van der Waals surface area contributed by atoms with Crippen LogP contribution in [0.1, 0.15) is 36.8 Å². The van der Waals surface area contributed by atoms with E-state index in [2.05, 4.69) is 21.0 Å². The SMILES string of the molecule is C[C@@H]1COCCN1C1NC(=O)C2=CN(c3ccc(C4CC4)cc3C(F)(F)F)NC2N1. The highest BCUT2D eigenvalue weighted by atomic mass is 19.4. The van der Waals surface area contributed by atoms with Gasteiger partial charge in [0.25, 0.3) is 5.91 Å². The molecule has 1 aromatic rings. The number of hydrogen-bond donors (Lipinski definition) is 3. The van der Waals surface area contributed by atoms with Gasteiger partial charge in [0.2, 0.25) is 0 Å². The number of amides is 1. The van der Waals surface area contributed by atoms with E-state index in [0.29, 0.717) is 30.9 Å². The second-order valence-electron chi connectivity index (χ2n) is 8.27. The Balaban J connectivity index is 1.39. The van der Waals surface area contributed by atoms with Crippen molar-refractivity contribution in [1.82, 2.24) is 21.0 Å². The third-order valence-corrected chi connectivity index (χ3v) is 6.09. The zero-order valence-corrected chi connectivity index (χ0v) is 16.5. The van der Waals surface area contributed by atoms with Crippen molar-refractivity contribution < 1.29 is 22.7 Å². The molecule has 3 N–H and O–H groups in total. The summed E-state index contributed by atoms with van der Waals surface area (Å²) < 4.78 is 46.8. The first kappa shape index (κ1) is 19.8. The van der Waals surface area contributed by atoms with E-state index in [0.717, 1.165) is 12.8 Å². The molecule has 3 heterocycles. The van der Waals surface area contributed by atoms with E-state index >= 15 is 0 Å². The third-order valence-electron chi connectivity index (χ3n) is 6.09. The van der Waals surface area contributed by atoms with Crippen LogP contribution < -0.4 is 21.1 Å². The van der Waals surface area contributed by atoms with Crippen molar-refractivity contribution in [2.24, 2.45) is 0 Å². The summed E-state index contributed by atoms with van der Waals surface area (Å²) in [6.07, 6.45) is -2.21. The van der Waals surface area contributed by atoms with E-state index < -0.39 is 24.2 Å². The molecule has 2 unspecified atom stereocenters. The summed E-state index contributed by atoms with van der Waals surface area (Å²) in [5.41, 5.74) is 3.37. The molecule has 1 aliphatic carbocycles. The number of anilines is 1. The standard InChI is InChI=1S/C20H24F3N5O2/c1-11-10-30-7-6-27(11)19-24-17-14(18(29)25-19)9-28(26-17)16-5-4-13(12-2-3-12)8-15(16)20(21,22)23/h4-5,8-9,11-12,17,19,24,26H,2-3,6-7,10H2,1H3,(H,25,29)/t11-,17?,19?/m1/s1. The molecule has 3 aliphatic heterocycles. The van der Waals surface area contributed by atoms with Crippen LogP contribution in [0, 0.1) is 0 Å². The Morgan fingerprint density at radius 2 is 2.03 bits per heavy atom. The summed E-state index contributed by atoms with van der Waals surface area (Å²) >= 11 is 0. The highest BCUT2D eigenvalue weighted by Crippen LogP contribution is 2.45. The molecule has 0 bridgehead atoms. The summed E-state index contributed by atoms with van der Waals surface area (Å²) in [5.74, 6) is -0.0862. The van der Waals surface area contributed by atoms with Gasteiger partial charge in [0.05, 0.1) is 30.0 Å². The van der Waals surface area contributed by atoms with E-state index in [1.165, 1.54) is 23.3 Å². The first-order valence-corrected chi connectivity index (χ1v) is 10.2. The van der Waals surface area contributed by atoms with Gasteiger partial charge in [-0.3, -0.25) is 20.0 Å². The molecule has 2 saturated heterocycles. The number of hydrogen-bond acceptors (Lipinski definition) is 6. The number of benzene rings is 1. The normalized spacial score (nSPS) is 30.1. The number of rotatable bonds is 3. The van der Waals surface area contributed by atoms with Crippen LogP contribution in [0.3, 0.4) is 0 Å². The molecule has 3 atom stereocenters. The lowest BCUT2D eigenvalue weighted by atomic mass is 10.0. The Hall–Kier alpha value is -2.14. The minimum Gasteiger partial charge on any atom is -0.379 e. The van der Waals surface area contributed by atoms with E-state index in [-0.39, 0.29) is 23.6 Å². The van der Waals surface area contributed by atoms with Crippen molar-refractivity contribution in [1.29, 1.82) is 0 Å². The smallest absolute Gasteiger partial charge is 0.379 e. The monoisotopic (exact) mass is 423 g/mol. The molecular weight excluding hydrogens is 399 g/mol. The fourth-order valence-electron chi connectivity index (χ4n) is 4.29. The number of carbonyl (C=O) groups excluding carboxylic acids is 1.